The van der Waals surface area contributed by atoms with Crippen LogP contribution in [0, 0.1) is 0 Å². The van der Waals surface area contributed by atoms with Crippen molar-refractivity contribution >= 4 is 0 Å². The van der Waals surface area contributed by atoms with Gasteiger partial charge in [-0.25, -0.2) is 0 Å². The SMILES string of the molecule is CCC(F)(F)F.CCCNCCC. The van der Waals surface area contributed by atoms with E-state index in [1.54, 1.807) is 0 Å². The van der Waals surface area contributed by atoms with E-state index in [2.05, 4.69) is 19.2 Å². The fraction of sp³-hybridized carbons (Fsp3) is 1.00. The first kappa shape index (κ1) is 15.2. The monoisotopic (exact) mass is 199 g/mol. The van der Waals surface area contributed by atoms with Crippen LogP contribution in [0.3, 0.4) is 0 Å². The van der Waals surface area contributed by atoms with Crippen molar-refractivity contribution in [3.8, 4) is 0 Å². The van der Waals surface area contributed by atoms with E-state index < -0.39 is 12.6 Å². The molecule has 0 spiro atoms. The van der Waals surface area contributed by atoms with Crippen molar-refractivity contribution in [2.75, 3.05) is 13.1 Å². The maximum atomic E-state index is 10.8. The zero-order valence-electron chi connectivity index (χ0n) is 8.67. The molecule has 0 fully saturated rings. The van der Waals surface area contributed by atoms with Crippen LogP contribution < -0.4 is 5.32 Å². The molecule has 0 heterocycles. The Balaban J connectivity index is 0. The second-order valence-electron chi connectivity index (χ2n) is 2.72. The smallest absolute Gasteiger partial charge is 0.317 e. The van der Waals surface area contributed by atoms with Gasteiger partial charge in [0.15, 0.2) is 0 Å². The van der Waals surface area contributed by atoms with Gasteiger partial charge in [-0.2, -0.15) is 13.2 Å². The second-order valence-corrected chi connectivity index (χ2v) is 2.72. The minimum atomic E-state index is -3.96. The lowest BCUT2D eigenvalue weighted by Crippen LogP contribution is -2.14. The number of alkyl halides is 3. The van der Waals surface area contributed by atoms with Crippen molar-refractivity contribution in [1.82, 2.24) is 5.32 Å². The number of hydrogen-bond acceptors (Lipinski definition) is 1. The zero-order chi connectivity index (χ0) is 10.7. The minimum Gasteiger partial charge on any atom is -0.317 e. The Morgan fingerprint density at radius 2 is 1.23 bits per heavy atom. The maximum absolute atomic E-state index is 10.8. The van der Waals surface area contributed by atoms with Crippen LogP contribution in [0.15, 0.2) is 0 Å². The average molecular weight is 199 g/mol. The van der Waals surface area contributed by atoms with Crippen molar-refractivity contribution in [1.29, 1.82) is 0 Å². The van der Waals surface area contributed by atoms with Gasteiger partial charge in [-0.05, 0) is 25.9 Å². The van der Waals surface area contributed by atoms with Crippen molar-refractivity contribution in [3.05, 3.63) is 0 Å². The molecule has 1 N–H and O–H groups in total. The van der Waals surface area contributed by atoms with E-state index in [0.29, 0.717) is 0 Å². The van der Waals surface area contributed by atoms with Crippen LogP contribution in [-0.2, 0) is 0 Å². The van der Waals surface area contributed by atoms with Crippen LogP contribution in [0.1, 0.15) is 40.0 Å². The molecule has 0 atom stereocenters. The summed E-state index contributed by atoms with van der Waals surface area (Å²) < 4.78 is 32.4. The number of nitrogens with one attached hydrogen (secondary N) is 1. The lowest BCUT2D eigenvalue weighted by molar-refractivity contribution is -0.130. The molecular formula is C9H20F3N. The van der Waals surface area contributed by atoms with Gasteiger partial charge < -0.3 is 5.32 Å². The molecule has 0 aliphatic rings. The Morgan fingerprint density at radius 1 is 0.923 bits per heavy atom. The topological polar surface area (TPSA) is 12.0 Å². The molecule has 0 aromatic rings. The molecule has 0 aliphatic heterocycles. The summed E-state index contributed by atoms with van der Waals surface area (Å²) in [5.74, 6) is 0. The summed E-state index contributed by atoms with van der Waals surface area (Å²) in [6, 6.07) is 0. The van der Waals surface area contributed by atoms with Gasteiger partial charge in [0, 0.05) is 6.42 Å². The van der Waals surface area contributed by atoms with Crippen LogP contribution in [0.5, 0.6) is 0 Å². The fourth-order valence-electron chi connectivity index (χ4n) is 0.479. The molecule has 0 aromatic heterocycles. The van der Waals surface area contributed by atoms with Gasteiger partial charge >= 0.3 is 6.18 Å². The third-order valence-corrected chi connectivity index (χ3v) is 1.25. The van der Waals surface area contributed by atoms with Gasteiger partial charge in [0.25, 0.3) is 0 Å². The zero-order valence-corrected chi connectivity index (χ0v) is 8.67. The van der Waals surface area contributed by atoms with E-state index in [1.807, 2.05) is 0 Å². The first-order chi connectivity index (χ1) is 5.97. The highest BCUT2D eigenvalue weighted by atomic mass is 19.4. The number of halogens is 3. The maximum Gasteiger partial charge on any atom is 0.388 e. The Hall–Kier alpha value is -0.250. The molecule has 0 amide bonds. The Kier molecular flexibility index (Phi) is 11.5. The van der Waals surface area contributed by atoms with Gasteiger partial charge in [-0.1, -0.05) is 20.8 Å². The highest BCUT2D eigenvalue weighted by molar-refractivity contribution is 4.40. The van der Waals surface area contributed by atoms with Crippen molar-refractivity contribution in [2.24, 2.45) is 0 Å². The highest BCUT2D eigenvalue weighted by Gasteiger charge is 2.22. The predicted octanol–water partition coefficient (Wildman–Crippen LogP) is 3.35. The molecular weight excluding hydrogens is 179 g/mol. The third kappa shape index (κ3) is 24.5. The molecule has 13 heavy (non-hydrogen) atoms. The molecule has 0 aromatic carbocycles. The molecule has 82 valence electrons. The fourth-order valence-corrected chi connectivity index (χ4v) is 0.479. The minimum absolute atomic E-state index is 0.729. The molecule has 0 saturated heterocycles. The average Bonchev–Trinajstić information content (AvgIpc) is 2.06. The molecule has 0 bridgehead atoms. The van der Waals surface area contributed by atoms with Crippen LogP contribution in [-0.4, -0.2) is 19.3 Å². The van der Waals surface area contributed by atoms with Crippen LogP contribution >= 0.6 is 0 Å². The van der Waals surface area contributed by atoms with E-state index in [9.17, 15) is 13.2 Å². The van der Waals surface area contributed by atoms with E-state index >= 15 is 0 Å². The summed E-state index contributed by atoms with van der Waals surface area (Å²) in [4.78, 5) is 0. The largest absolute Gasteiger partial charge is 0.388 e. The summed E-state index contributed by atoms with van der Waals surface area (Å²) >= 11 is 0. The van der Waals surface area contributed by atoms with E-state index in [1.165, 1.54) is 25.9 Å². The normalized spacial score (nSPS) is 10.6. The summed E-state index contributed by atoms with van der Waals surface area (Å²) in [5, 5.41) is 3.28. The first-order valence-corrected chi connectivity index (χ1v) is 4.75. The Bertz CT molecular complexity index is 87.4. The lowest BCUT2D eigenvalue weighted by atomic mass is 10.4. The number of hydrogen-bond donors (Lipinski definition) is 1. The van der Waals surface area contributed by atoms with Gasteiger partial charge in [0.2, 0.25) is 0 Å². The summed E-state index contributed by atoms with van der Waals surface area (Å²) in [6.45, 7) is 7.80. The standard InChI is InChI=1S/C6H15N.C3H5F3/c1-3-5-7-6-4-2;1-2-3(4,5)6/h7H,3-6H2,1-2H3;2H2,1H3. The van der Waals surface area contributed by atoms with E-state index in [0.717, 1.165) is 6.92 Å². The number of rotatable bonds is 4. The Labute approximate surface area is 78.7 Å². The molecule has 0 saturated carbocycles. The summed E-state index contributed by atoms with van der Waals surface area (Å²) in [6.07, 6.45) is -2.19. The molecule has 0 radical (unpaired) electrons. The van der Waals surface area contributed by atoms with Crippen molar-refractivity contribution in [2.45, 2.75) is 46.2 Å². The molecule has 0 aliphatic carbocycles. The van der Waals surface area contributed by atoms with Crippen LogP contribution in [0.25, 0.3) is 0 Å². The summed E-state index contributed by atoms with van der Waals surface area (Å²) in [5.41, 5.74) is 0. The van der Waals surface area contributed by atoms with Gasteiger partial charge in [-0.15, -0.1) is 0 Å². The van der Waals surface area contributed by atoms with Gasteiger partial charge in [0.1, 0.15) is 0 Å². The van der Waals surface area contributed by atoms with Gasteiger partial charge in [0.05, 0.1) is 0 Å². The molecule has 1 nitrogen and oxygen atoms in total. The highest BCUT2D eigenvalue weighted by Crippen LogP contribution is 2.17. The summed E-state index contributed by atoms with van der Waals surface area (Å²) in [7, 11) is 0. The van der Waals surface area contributed by atoms with Crippen molar-refractivity contribution < 1.29 is 13.2 Å². The molecule has 0 rings (SSSR count). The third-order valence-electron chi connectivity index (χ3n) is 1.25. The predicted molar refractivity (Wildman–Crippen MR) is 49.8 cm³/mol. The lowest BCUT2D eigenvalue weighted by Gasteiger charge is -1.96. The van der Waals surface area contributed by atoms with Crippen LogP contribution in [0.2, 0.25) is 0 Å². The van der Waals surface area contributed by atoms with Crippen molar-refractivity contribution in [3.63, 3.8) is 0 Å². The second kappa shape index (κ2) is 9.84. The Morgan fingerprint density at radius 3 is 1.38 bits per heavy atom. The molecule has 4 heteroatoms. The van der Waals surface area contributed by atoms with Crippen LogP contribution in [0.4, 0.5) is 13.2 Å². The first-order valence-electron chi connectivity index (χ1n) is 4.75. The van der Waals surface area contributed by atoms with E-state index in [-0.39, 0.29) is 0 Å². The van der Waals surface area contributed by atoms with Gasteiger partial charge in [-0.3, -0.25) is 0 Å². The van der Waals surface area contributed by atoms with E-state index in [4.69, 9.17) is 0 Å². The molecule has 0 unspecified atom stereocenters. The quantitative estimate of drug-likeness (QED) is 0.684.